The molecule has 9 N–H and O–H groups in total. The second-order valence-corrected chi connectivity index (χ2v) is 7.51. The molecule has 0 aliphatic heterocycles. The third-order valence-electron chi connectivity index (χ3n) is 4.25. The zero-order chi connectivity index (χ0) is 24.3. The number of H-pyrrole nitrogens is 1. The SMILES string of the molecule is NC(=O)CCC(NC(=O)C(Cc1cnc[nH]1)NC(=O)C(N)CS)C(=O)NC(CS)C(=O)O. The van der Waals surface area contributed by atoms with Crippen LogP contribution in [-0.4, -0.2) is 80.3 Å². The molecule has 1 rings (SSSR count). The molecule has 0 aliphatic rings. The Kier molecular flexibility index (Phi) is 11.6. The van der Waals surface area contributed by atoms with E-state index in [2.05, 4.69) is 51.2 Å². The van der Waals surface area contributed by atoms with Crippen molar-refractivity contribution in [3.63, 3.8) is 0 Å². The summed E-state index contributed by atoms with van der Waals surface area (Å²) in [6.45, 7) is 0. The highest BCUT2D eigenvalue weighted by Gasteiger charge is 2.30. The number of nitrogens with zero attached hydrogens (tertiary/aromatic N) is 1. The lowest BCUT2D eigenvalue weighted by Crippen LogP contribution is -2.58. The molecule has 1 heterocycles. The van der Waals surface area contributed by atoms with Gasteiger partial charge in [-0.2, -0.15) is 25.3 Å². The highest BCUT2D eigenvalue weighted by atomic mass is 32.1. The molecule has 0 fully saturated rings. The Morgan fingerprint density at radius 3 is 2.09 bits per heavy atom. The number of primary amides is 1. The molecule has 32 heavy (non-hydrogen) atoms. The number of thiol groups is 2. The fraction of sp³-hybridized carbons (Fsp3) is 0.529. The average Bonchev–Trinajstić information content (AvgIpc) is 3.26. The summed E-state index contributed by atoms with van der Waals surface area (Å²) in [4.78, 5) is 66.7. The summed E-state index contributed by atoms with van der Waals surface area (Å²) in [5, 5.41) is 16.3. The standard InChI is InChI=1S/C17H27N7O6S2/c18-9(5-31)14(26)23-11(3-8-4-20-7-21-8)16(28)22-10(1-2-13(19)25)15(27)24-12(6-32)17(29)30/h4,7,9-12,31-32H,1-3,5-6,18H2,(H2,19,25)(H,20,21)(H,22,28)(H,23,26)(H,24,27)(H,29,30). The number of aliphatic carboxylic acids is 1. The summed E-state index contributed by atoms with van der Waals surface area (Å²) in [7, 11) is 0. The summed E-state index contributed by atoms with van der Waals surface area (Å²) in [5.41, 5.74) is 11.3. The number of carbonyl (C=O) groups excluding carboxylic acids is 4. The third kappa shape index (κ3) is 9.15. The molecule has 0 radical (unpaired) electrons. The molecule has 0 spiro atoms. The van der Waals surface area contributed by atoms with Gasteiger partial charge in [0.15, 0.2) is 0 Å². The van der Waals surface area contributed by atoms with E-state index in [1.807, 2.05) is 0 Å². The van der Waals surface area contributed by atoms with Gasteiger partial charge in [0.25, 0.3) is 0 Å². The van der Waals surface area contributed by atoms with Gasteiger partial charge in [-0.25, -0.2) is 9.78 Å². The second kappa shape index (κ2) is 13.6. The number of hydrogen-bond acceptors (Lipinski definition) is 9. The Hall–Kier alpha value is -2.78. The van der Waals surface area contributed by atoms with E-state index in [4.69, 9.17) is 16.6 Å². The fourth-order valence-corrected chi connectivity index (χ4v) is 2.89. The van der Waals surface area contributed by atoms with E-state index in [1.54, 1.807) is 0 Å². The van der Waals surface area contributed by atoms with Gasteiger partial charge in [0.1, 0.15) is 18.1 Å². The Bertz CT molecular complexity index is 807. The molecule has 0 saturated carbocycles. The number of carbonyl (C=O) groups is 5. The van der Waals surface area contributed by atoms with Gasteiger partial charge < -0.3 is 37.5 Å². The van der Waals surface area contributed by atoms with Crippen molar-refractivity contribution in [3.05, 3.63) is 18.2 Å². The van der Waals surface area contributed by atoms with E-state index in [0.29, 0.717) is 5.69 Å². The van der Waals surface area contributed by atoms with E-state index in [0.717, 1.165) is 0 Å². The number of aromatic nitrogens is 2. The summed E-state index contributed by atoms with van der Waals surface area (Å²) in [6, 6.07) is -4.74. The predicted molar refractivity (Wildman–Crippen MR) is 120 cm³/mol. The van der Waals surface area contributed by atoms with Gasteiger partial charge in [0.05, 0.1) is 12.4 Å². The van der Waals surface area contributed by atoms with Crippen LogP contribution in [-0.2, 0) is 30.4 Å². The number of hydrogen-bond donors (Lipinski definition) is 9. The van der Waals surface area contributed by atoms with Crippen molar-refractivity contribution in [2.24, 2.45) is 11.5 Å². The fourth-order valence-electron chi connectivity index (χ4n) is 2.47. The largest absolute Gasteiger partial charge is 0.480 e. The number of aromatic amines is 1. The number of amides is 4. The number of imidazole rings is 1. The van der Waals surface area contributed by atoms with Crippen molar-refractivity contribution < 1.29 is 29.1 Å². The molecule has 0 bridgehead atoms. The van der Waals surface area contributed by atoms with Crippen LogP contribution in [0.1, 0.15) is 18.5 Å². The molecule has 0 saturated heterocycles. The average molecular weight is 490 g/mol. The first-order valence-corrected chi connectivity index (χ1v) is 10.7. The summed E-state index contributed by atoms with van der Waals surface area (Å²) >= 11 is 7.82. The molecule has 1 aromatic heterocycles. The van der Waals surface area contributed by atoms with Gasteiger partial charge in [-0.1, -0.05) is 0 Å². The minimum atomic E-state index is -1.32. The molecular formula is C17H27N7O6S2. The molecule has 4 unspecified atom stereocenters. The Balaban J connectivity index is 3.02. The van der Waals surface area contributed by atoms with Crippen LogP contribution in [0.3, 0.4) is 0 Å². The molecule has 0 aliphatic carbocycles. The van der Waals surface area contributed by atoms with Gasteiger partial charge in [-0.3, -0.25) is 19.2 Å². The lowest BCUT2D eigenvalue weighted by Gasteiger charge is -2.24. The van der Waals surface area contributed by atoms with Crippen LogP contribution >= 0.6 is 25.3 Å². The summed E-state index contributed by atoms with van der Waals surface area (Å²) in [6.07, 6.45) is 2.39. The highest BCUT2D eigenvalue weighted by molar-refractivity contribution is 7.80. The van der Waals surface area contributed by atoms with Crippen LogP contribution in [0.2, 0.25) is 0 Å². The summed E-state index contributed by atoms with van der Waals surface area (Å²) < 4.78 is 0. The van der Waals surface area contributed by atoms with Crippen LogP contribution in [0.5, 0.6) is 0 Å². The first-order valence-electron chi connectivity index (χ1n) is 9.45. The van der Waals surface area contributed by atoms with Crippen molar-refractivity contribution in [3.8, 4) is 0 Å². The zero-order valence-corrected chi connectivity index (χ0v) is 18.8. The lowest BCUT2D eigenvalue weighted by molar-refractivity contribution is -0.141. The quantitative estimate of drug-likeness (QED) is 0.122. The van der Waals surface area contributed by atoms with Crippen molar-refractivity contribution in [2.45, 2.75) is 43.4 Å². The molecule has 13 nitrogen and oxygen atoms in total. The van der Waals surface area contributed by atoms with Gasteiger partial charge in [0, 0.05) is 36.2 Å². The Labute approximate surface area is 194 Å². The first-order chi connectivity index (χ1) is 15.1. The maximum absolute atomic E-state index is 12.9. The Morgan fingerprint density at radius 1 is 1.00 bits per heavy atom. The number of nitrogens with one attached hydrogen (secondary N) is 4. The van der Waals surface area contributed by atoms with Gasteiger partial charge in [0.2, 0.25) is 23.6 Å². The van der Waals surface area contributed by atoms with E-state index >= 15 is 0 Å². The lowest BCUT2D eigenvalue weighted by atomic mass is 10.1. The monoisotopic (exact) mass is 489 g/mol. The molecule has 15 heteroatoms. The maximum Gasteiger partial charge on any atom is 0.327 e. The van der Waals surface area contributed by atoms with E-state index < -0.39 is 53.8 Å². The van der Waals surface area contributed by atoms with E-state index in [9.17, 15) is 24.0 Å². The van der Waals surface area contributed by atoms with E-state index in [1.165, 1.54) is 12.5 Å². The number of carboxylic acid groups (broad SMARTS) is 1. The predicted octanol–water partition coefficient (Wildman–Crippen LogP) is -3.06. The third-order valence-corrected chi connectivity index (χ3v) is 5.01. The maximum atomic E-state index is 12.9. The first kappa shape index (κ1) is 27.3. The van der Waals surface area contributed by atoms with Gasteiger partial charge >= 0.3 is 5.97 Å². The normalized spacial score (nSPS) is 14.5. The van der Waals surface area contributed by atoms with Crippen molar-refractivity contribution in [1.29, 1.82) is 0 Å². The van der Waals surface area contributed by atoms with E-state index in [-0.39, 0.29) is 30.8 Å². The summed E-state index contributed by atoms with van der Waals surface area (Å²) in [5.74, 6) is -4.45. The number of rotatable bonds is 14. The molecule has 0 aromatic carbocycles. The smallest absolute Gasteiger partial charge is 0.327 e. The Morgan fingerprint density at radius 2 is 1.59 bits per heavy atom. The van der Waals surface area contributed by atoms with Crippen LogP contribution in [0, 0.1) is 0 Å². The van der Waals surface area contributed by atoms with Gasteiger partial charge in [-0.15, -0.1) is 0 Å². The van der Waals surface area contributed by atoms with Crippen molar-refractivity contribution >= 4 is 54.9 Å². The number of nitrogens with two attached hydrogens (primary N) is 2. The molecule has 1 aromatic rings. The second-order valence-electron chi connectivity index (χ2n) is 6.78. The van der Waals surface area contributed by atoms with Crippen molar-refractivity contribution in [1.82, 2.24) is 25.9 Å². The van der Waals surface area contributed by atoms with Crippen LogP contribution in [0.4, 0.5) is 0 Å². The minimum Gasteiger partial charge on any atom is -0.480 e. The number of carboxylic acids is 1. The highest BCUT2D eigenvalue weighted by Crippen LogP contribution is 2.04. The topological polar surface area (TPSA) is 222 Å². The minimum absolute atomic E-state index is 0.00455. The van der Waals surface area contributed by atoms with Crippen molar-refractivity contribution in [2.75, 3.05) is 11.5 Å². The van der Waals surface area contributed by atoms with Crippen LogP contribution in [0.25, 0.3) is 0 Å². The molecule has 178 valence electrons. The van der Waals surface area contributed by atoms with Gasteiger partial charge in [-0.05, 0) is 6.42 Å². The molecular weight excluding hydrogens is 462 g/mol. The van der Waals surface area contributed by atoms with Crippen LogP contribution < -0.4 is 27.4 Å². The molecule has 4 atom stereocenters. The zero-order valence-electron chi connectivity index (χ0n) is 17.0. The van der Waals surface area contributed by atoms with Crippen LogP contribution in [0.15, 0.2) is 12.5 Å². The molecule has 4 amide bonds.